The molecule has 3 atom stereocenters. The lowest BCUT2D eigenvalue weighted by Crippen LogP contribution is -2.34. The molecule has 0 saturated heterocycles. The lowest BCUT2D eigenvalue weighted by Gasteiger charge is -2.28. The molecule has 1 aliphatic carbocycles. The van der Waals surface area contributed by atoms with Crippen molar-refractivity contribution < 1.29 is 19.7 Å². The normalized spacial score (nSPS) is 24.8. The molecule has 1 fully saturated rings. The molecule has 0 heterocycles. The average molecular weight is 266 g/mol. The maximum atomic E-state index is 9.93. The maximum Gasteiger partial charge on any atom is 0.161 e. The number of rotatable bonds is 4. The first-order chi connectivity index (χ1) is 9.11. The van der Waals surface area contributed by atoms with Crippen LogP contribution in [0, 0.1) is 0 Å². The minimum absolute atomic E-state index is 0.167. The minimum atomic E-state index is -0.539. The van der Waals surface area contributed by atoms with Crippen LogP contribution in [0.3, 0.4) is 0 Å². The molecule has 0 aliphatic heterocycles. The predicted octanol–water partition coefficient (Wildman–Crippen LogP) is 2.43. The summed E-state index contributed by atoms with van der Waals surface area (Å²) in [4.78, 5) is 0. The zero-order valence-electron chi connectivity index (χ0n) is 11.5. The van der Waals surface area contributed by atoms with Gasteiger partial charge in [-0.2, -0.15) is 0 Å². The van der Waals surface area contributed by atoms with Crippen molar-refractivity contribution in [2.45, 2.75) is 50.9 Å². The van der Waals surface area contributed by atoms with Crippen LogP contribution < -0.4 is 9.47 Å². The number of ether oxygens (including phenoxy) is 2. The Morgan fingerprint density at radius 3 is 2.58 bits per heavy atom. The lowest BCUT2D eigenvalue weighted by atomic mass is 9.95. The van der Waals surface area contributed by atoms with Crippen LogP contribution in [0.25, 0.3) is 0 Å². The SMILES string of the molecule is COc1cc([C@@H](C)O)ccc1OC1CCCCC1O. The van der Waals surface area contributed by atoms with E-state index in [9.17, 15) is 10.2 Å². The highest BCUT2D eigenvalue weighted by molar-refractivity contribution is 5.43. The second kappa shape index (κ2) is 6.26. The molecule has 1 saturated carbocycles. The van der Waals surface area contributed by atoms with Crippen LogP contribution in [0.2, 0.25) is 0 Å². The molecule has 2 rings (SSSR count). The first-order valence-corrected chi connectivity index (χ1v) is 6.82. The molecular formula is C15H22O4. The van der Waals surface area contributed by atoms with E-state index in [4.69, 9.17) is 9.47 Å². The summed E-state index contributed by atoms with van der Waals surface area (Å²) in [6.07, 6.45) is 2.68. The van der Waals surface area contributed by atoms with E-state index >= 15 is 0 Å². The molecule has 2 N–H and O–H groups in total. The third kappa shape index (κ3) is 3.39. The predicted molar refractivity (Wildman–Crippen MR) is 72.5 cm³/mol. The van der Waals surface area contributed by atoms with Crippen molar-refractivity contribution >= 4 is 0 Å². The van der Waals surface area contributed by atoms with E-state index in [0.717, 1.165) is 31.2 Å². The Bertz CT molecular complexity index is 417. The van der Waals surface area contributed by atoms with Crippen molar-refractivity contribution in [1.29, 1.82) is 0 Å². The van der Waals surface area contributed by atoms with Crippen LogP contribution in [0.15, 0.2) is 18.2 Å². The van der Waals surface area contributed by atoms with Crippen molar-refractivity contribution in [2.75, 3.05) is 7.11 Å². The van der Waals surface area contributed by atoms with Crippen LogP contribution in [0.5, 0.6) is 11.5 Å². The topological polar surface area (TPSA) is 58.9 Å². The molecule has 4 heteroatoms. The molecular weight excluding hydrogens is 244 g/mol. The van der Waals surface area contributed by atoms with Crippen LogP contribution in [-0.2, 0) is 0 Å². The summed E-state index contributed by atoms with van der Waals surface area (Å²) in [5.41, 5.74) is 0.786. The quantitative estimate of drug-likeness (QED) is 0.878. The second-order valence-corrected chi connectivity index (χ2v) is 5.09. The number of aliphatic hydroxyl groups is 2. The summed E-state index contributed by atoms with van der Waals surface area (Å²) in [5.74, 6) is 1.22. The van der Waals surface area contributed by atoms with E-state index in [1.807, 2.05) is 6.07 Å². The standard InChI is InChI=1S/C15H22O4/c1-10(16)11-7-8-14(15(9-11)18-2)19-13-6-4-3-5-12(13)17/h7-10,12-13,16-17H,3-6H2,1-2H3/t10-,12?,13?/m1/s1. The molecule has 2 unspecified atom stereocenters. The lowest BCUT2D eigenvalue weighted by molar-refractivity contribution is 0.00564. The highest BCUT2D eigenvalue weighted by Crippen LogP contribution is 2.33. The number of aliphatic hydroxyl groups excluding tert-OH is 2. The molecule has 0 radical (unpaired) electrons. The molecule has 19 heavy (non-hydrogen) atoms. The van der Waals surface area contributed by atoms with Gasteiger partial charge >= 0.3 is 0 Å². The van der Waals surface area contributed by atoms with Crippen LogP contribution in [0.1, 0.15) is 44.3 Å². The molecule has 0 spiro atoms. The largest absolute Gasteiger partial charge is 0.493 e. The number of hydrogen-bond acceptors (Lipinski definition) is 4. The van der Waals surface area contributed by atoms with E-state index in [1.54, 1.807) is 26.2 Å². The average Bonchev–Trinajstić information content (AvgIpc) is 2.41. The van der Waals surface area contributed by atoms with Crippen LogP contribution in [0.4, 0.5) is 0 Å². The Balaban J connectivity index is 2.15. The molecule has 1 aromatic carbocycles. The minimum Gasteiger partial charge on any atom is -0.493 e. The van der Waals surface area contributed by atoms with Gasteiger partial charge in [-0.25, -0.2) is 0 Å². The first kappa shape index (κ1) is 14.2. The van der Waals surface area contributed by atoms with Gasteiger partial charge in [0, 0.05) is 0 Å². The third-order valence-electron chi connectivity index (χ3n) is 3.62. The van der Waals surface area contributed by atoms with Crippen molar-refractivity contribution in [2.24, 2.45) is 0 Å². The maximum absolute atomic E-state index is 9.93. The number of benzene rings is 1. The van der Waals surface area contributed by atoms with Crippen molar-refractivity contribution in [3.05, 3.63) is 23.8 Å². The van der Waals surface area contributed by atoms with E-state index in [0.29, 0.717) is 11.5 Å². The smallest absolute Gasteiger partial charge is 0.161 e. The summed E-state index contributed by atoms with van der Waals surface area (Å²) >= 11 is 0. The zero-order chi connectivity index (χ0) is 13.8. The van der Waals surface area contributed by atoms with Crippen LogP contribution in [-0.4, -0.2) is 29.5 Å². The van der Waals surface area contributed by atoms with Gasteiger partial charge in [0.15, 0.2) is 11.5 Å². The zero-order valence-corrected chi connectivity index (χ0v) is 11.5. The van der Waals surface area contributed by atoms with E-state index < -0.39 is 12.2 Å². The van der Waals surface area contributed by atoms with Gasteiger partial charge < -0.3 is 19.7 Å². The van der Waals surface area contributed by atoms with Crippen molar-refractivity contribution in [3.63, 3.8) is 0 Å². The van der Waals surface area contributed by atoms with Gasteiger partial charge in [0.25, 0.3) is 0 Å². The van der Waals surface area contributed by atoms with E-state index in [-0.39, 0.29) is 6.10 Å². The Labute approximate surface area is 114 Å². The Morgan fingerprint density at radius 2 is 1.95 bits per heavy atom. The van der Waals surface area contributed by atoms with Gasteiger partial charge in [-0.3, -0.25) is 0 Å². The van der Waals surface area contributed by atoms with Gasteiger partial charge in [-0.1, -0.05) is 12.5 Å². The van der Waals surface area contributed by atoms with Gasteiger partial charge in [0.05, 0.1) is 19.3 Å². The van der Waals surface area contributed by atoms with Gasteiger partial charge in [0.1, 0.15) is 6.10 Å². The van der Waals surface area contributed by atoms with Crippen molar-refractivity contribution in [1.82, 2.24) is 0 Å². The fourth-order valence-electron chi connectivity index (χ4n) is 2.42. The summed E-state index contributed by atoms with van der Waals surface area (Å²) in [6.45, 7) is 1.71. The summed E-state index contributed by atoms with van der Waals surface area (Å²) < 4.78 is 11.2. The summed E-state index contributed by atoms with van der Waals surface area (Å²) in [6, 6.07) is 5.38. The van der Waals surface area contributed by atoms with Gasteiger partial charge in [-0.15, -0.1) is 0 Å². The molecule has 0 amide bonds. The van der Waals surface area contributed by atoms with E-state index in [2.05, 4.69) is 0 Å². The first-order valence-electron chi connectivity index (χ1n) is 6.82. The van der Waals surface area contributed by atoms with Crippen LogP contribution >= 0.6 is 0 Å². The fraction of sp³-hybridized carbons (Fsp3) is 0.600. The Hall–Kier alpha value is -1.26. The molecule has 0 aromatic heterocycles. The summed E-state index contributed by atoms with van der Waals surface area (Å²) in [7, 11) is 1.57. The molecule has 1 aromatic rings. The highest BCUT2D eigenvalue weighted by atomic mass is 16.5. The number of methoxy groups -OCH3 is 1. The molecule has 1 aliphatic rings. The van der Waals surface area contributed by atoms with Crippen molar-refractivity contribution in [3.8, 4) is 11.5 Å². The highest BCUT2D eigenvalue weighted by Gasteiger charge is 2.25. The van der Waals surface area contributed by atoms with Gasteiger partial charge in [-0.05, 0) is 43.9 Å². The van der Waals surface area contributed by atoms with E-state index in [1.165, 1.54) is 0 Å². The summed E-state index contributed by atoms with van der Waals surface area (Å²) in [5, 5.41) is 19.5. The van der Waals surface area contributed by atoms with Gasteiger partial charge in [0.2, 0.25) is 0 Å². The fourth-order valence-corrected chi connectivity index (χ4v) is 2.42. The monoisotopic (exact) mass is 266 g/mol. The second-order valence-electron chi connectivity index (χ2n) is 5.09. The molecule has 0 bridgehead atoms. The Kier molecular flexibility index (Phi) is 4.66. The third-order valence-corrected chi connectivity index (χ3v) is 3.62. The molecule has 4 nitrogen and oxygen atoms in total. The molecule has 106 valence electrons. The number of hydrogen-bond donors (Lipinski definition) is 2. The Morgan fingerprint density at radius 1 is 1.21 bits per heavy atom.